The fraction of sp³-hybridized carbons (Fsp3) is 0.0714. The molecule has 0 saturated heterocycles. The van der Waals surface area contributed by atoms with E-state index in [-0.39, 0.29) is 0 Å². The molecule has 4 heterocycles. The molecule has 4 aromatic heterocycles. The van der Waals surface area contributed by atoms with Crippen LogP contribution in [-0.4, -0.2) is 23.7 Å². The predicted molar refractivity (Wildman–Crippen MR) is 193 cm³/mol. The third kappa shape index (κ3) is 5.11. The van der Waals surface area contributed by atoms with Crippen LogP contribution in [0.25, 0.3) is 61.2 Å². The van der Waals surface area contributed by atoms with Crippen LogP contribution in [-0.2, 0) is 19.4 Å². The van der Waals surface area contributed by atoms with Gasteiger partial charge >= 0.3 is 224 Å². The van der Waals surface area contributed by atoms with Gasteiger partial charge in [-0.25, -0.2) is 0 Å². The van der Waals surface area contributed by atoms with E-state index < -0.39 is 0 Å². The molecule has 0 amide bonds. The molecule has 49 heavy (non-hydrogen) atoms. The molecule has 0 fully saturated rings. The van der Waals surface area contributed by atoms with E-state index in [2.05, 4.69) is 166 Å². The molecule has 1 aliphatic rings. The maximum absolute atomic E-state index is 6.67. The summed E-state index contributed by atoms with van der Waals surface area (Å²) in [6, 6.07) is 40.2. The van der Waals surface area contributed by atoms with E-state index in [9.17, 15) is 0 Å². The minimum absolute atomic E-state index is 0.788. The summed E-state index contributed by atoms with van der Waals surface area (Å²) in [6.45, 7) is 2.13. The third-order valence-corrected chi connectivity index (χ3v) is 10.3. The number of allylic oxidation sites excluding steroid dienone is 3. The average Bonchev–Trinajstić information content (AvgIpc) is 3.63. The summed E-state index contributed by atoms with van der Waals surface area (Å²) < 4.78 is 14.7. The predicted octanol–water partition coefficient (Wildman–Crippen LogP) is 9.97. The van der Waals surface area contributed by atoms with E-state index in [1.165, 1.54) is 22.1 Å². The van der Waals surface area contributed by atoms with Gasteiger partial charge in [0.1, 0.15) is 0 Å². The number of hydrogen-bond acceptors (Lipinski definition) is 3. The fourth-order valence-electron chi connectivity index (χ4n) is 6.99. The van der Waals surface area contributed by atoms with Gasteiger partial charge < -0.3 is 0 Å². The molecule has 1 aliphatic carbocycles. The van der Waals surface area contributed by atoms with Crippen LogP contribution < -0.4 is 4.74 Å². The van der Waals surface area contributed by atoms with Crippen LogP contribution >= 0.6 is 0 Å². The number of benzene rings is 4. The van der Waals surface area contributed by atoms with Gasteiger partial charge in [0.15, 0.2) is 0 Å². The van der Waals surface area contributed by atoms with Gasteiger partial charge in [0.05, 0.1) is 0 Å². The van der Waals surface area contributed by atoms with Crippen LogP contribution in [0.2, 0.25) is 0 Å². The Morgan fingerprint density at radius 3 is 2.24 bits per heavy atom. The van der Waals surface area contributed by atoms with Crippen LogP contribution in [0.5, 0.6) is 5.75 Å². The van der Waals surface area contributed by atoms with Crippen LogP contribution in [0, 0.1) is 10.7 Å². The van der Waals surface area contributed by atoms with Crippen LogP contribution in [0.15, 0.2) is 152 Å². The van der Waals surface area contributed by atoms with Crippen molar-refractivity contribution in [3.63, 3.8) is 0 Å². The molecule has 0 spiro atoms. The quantitative estimate of drug-likeness (QED) is 0.168. The van der Waals surface area contributed by atoms with Crippen molar-refractivity contribution in [1.82, 2.24) is 23.7 Å². The normalized spacial score (nSPS) is 13.2. The second-order valence-electron chi connectivity index (χ2n) is 12.3. The van der Waals surface area contributed by atoms with E-state index >= 15 is 0 Å². The standard InChI is InChI=1S/C42H31N5O.Pt/c1-29-23-42(44-27-37(29)30-11-10-22-43-26-30)47-38-17-6-5-16-35(38)36-21-20-34(25-41(36)47)48-33-15-9-14-32(24-33)46-28-45(31-12-3-2-4-13-31)39-18-7-8-19-40(39)46;/h2-8,10-13,15-27H,9,14H2,1H3;. The number of pyridine rings is 2. The summed E-state index contributed by atoms with van der Waals surface area (Å²) in [7, 11) is 0. The first-order valence-electron chi connectivity index (χ1n) is 16.4. The third-order valence-electron chi connectivity index (χ3n) is 9.24. The average molecular weight is 817 g/mol. The van der Waals surface area contributed by atoms with Gasteiger partial charge in [0.25, 0.3) is 0 Å². The Morgan fingerprint density at radius 1 is 0.694 bits per heavy atom. The Labute approximate surface area is 294 Å². The molecule has 7 heteroatoms. The van der Waals surface area contributed by atoms with Gasteiger partial charge in [-0.15, -0.1) is 0 Å². The van der Waals surface area contributed by atoms with Crippen LogP contribution in [0.4, 0.5) is 0 Å². The van der Waals surface area contributed by atoms with E-state index in [0.29, 0.717) is 0 Å². The Bertz CT molecular complexity index is 2660. The zero-order chi connectivity index (χ0) is 32.9. The molecular weight excluding hydrogens is 786 g/mol. The fourth-order valence-corrected chi connectivity index (χ4v) is 8.16. The number of nitrogens with zero attached hydrogens (tertiary/aromatic N) is 5. The van der Waals surface area contributed by atoms with Gasteiger partial charge in [0.2, 0.25) is 0 Å². The second kappa shape index (κ2) is 12.1. The summed E-state index contributed by atoms with van der Waals surface area (Å²) in [6.07, 6.45) is 11.8. The SMILES string of the molecule is Cc1cc(-n2c3ccccc3c3ccc(OC4=CCCC(n5[c](=[Pt])n(-c6ccccc6)c6ccccc65)=C4)cc32)ncc1-c1cccnc1. The van der Waals surface area contributed by atoms with Crippen molar-refractivity contribution in [3.8, 4) is 28.4 Å². The minimum atomic E-state index is 0.788. The first kappa shape index (κ1) is 29.5. The molecule has 8 aromatic rings. The number of imidazole rings is 1. The van der Waals surface area contributed by atoms with Crippen molar-refractivity contribution < 1.29 is 24.1 Å². The molecule has 0 radical (unpaired) electrons. The summed E-state index contributed by atoms with van der Waals surface area (Å²) in [5, 5.41) is 2.34. The van der Waals surface area contributed by atoms with Crippen molar-refractivity contribution in [2.75, 3.05) is 0 Å². The summed E-state index contributed by atoms with van der Waals surface area (Å²) in [5.41, 5.74) is 10.1. The second-order valence-corrected chi connectivity index (χ2v) is 13.3. The van der Waals surface area contributed by atoms with E-state index in [1.54, 1.807) is 6.20 Å². The summed E-state index contributed by atoms with van der Waals surface area (Å²) >= 11 is 2.46. The number of aryl methyl sites for hydroxylation is 1. The van der Waals surface area contributed by atoms with Crippen LogP contribution in [0.1, 0.15) is 18.4 Å². The van der Waals surface area contributed by atoms with Gasteiger partial charge in [-0.3, -0.25) is 4.98 Å². The van der Waals surface area contributed by atoms with E-state index in [4.69, 9.17) is 9.72 Å². The maximum atomic E-state index is 6.67. The number of ether oxygens (including phenoxy) is 1. The summed E-state index contributed by atoms with van der Waals surface area (Å²) in [4.78, 5) is 9.28. The summed E-state index contributed by atoms with van der Waals surface area (Å²) in [5.74, 6) is 2.50. The van der Waals surface area contributed by atoms with Crippen LogP contribution in [0.3, 0.4) is 0 Å². The number of aromatic nitrogens is 5. The first-order valence-corrected chi connectivity index (χ1v) is 17.5. The van der Waals surface area contributed by atoms with Gasteiger partial charge in [-0.2, -0.15) is 0 Å². The molecule has 240 valence electrons. The Morgan fingerprint density at radius 2 is 1.45 bits per heavy atom. The molecule has 6 nitrogen and oxygen atoms in total. The number of rotatable bonds is 6. The van der Waals surface area contributed by atoms with E-state index in [0.717, 1.165) is 72.8 Å². The zero-order valence-corrected chi connectivity index (χ0v) is 29.0. The topological polar surface area (TPSA) is 49.8 Å². The zero-order valence-electron chi connectivity index (χ0n) is 26.7. The molecule has 4 aromatic carbocycles. The Kier molecular flexibility index (Phi) is 7.32. The number of fused-ring (bicyclic) bond motifs is 4. The molecule has 0 bridgehead atoms. The van der Waals surface area contributed by atoms with Crippen molar-refractivity contribution in [2.45, 2.75) is 19.8 Å². The Hall–Kier alpha value is -5.58. The van der Waals surface area contributed by atoms with Gasteiger partial charge in [-0.05, 0) is 18.6 Å². The number of hydrogen-bond donors (Lipinski definition) is 0. The molecule has 0 N–H and O–H groups in total. The van der Waals surface area contributed by atoms with Crippen molar-refractivity contribution >= 4 is 38.5 Å². The molecule has 0 unspecified atom stereocenters. The van der Waals surface area contributed by atoms with Crippen molar-refractivity contribution in [3.05, 3.63) is 161 Å². The minimum Gasteiger partial charge on any atom is -0.264 e. The number of para-hydroxylation sites is 4. The molecule has 9 rings (SSSR count). The molecular formula is C42H31N5OPt. The van der Waals surface area contributed by atoms with Crippen molar-refractivity contribution in [1.29, 1.82) is 0 Å². The Balaban J connectivity index is 1.11. The molecule has 0 aliphatic heterocycles. The first-order chi connectivity index (χ1) is 24.1. The molecule has 0 atom stereocenters. The van der Waals surface area contributed by atoms with Gasteiger partial charge in [0, 0.05) is 29.7 Å². The van der Waals surface area contributed by atoms with E-state index in [1.807, 2.05) is 18.5 Å². The molecule has 0 saturated carbocycles. The monoisotopic (exact) mass is 816 g/mol. The van der Waals surface area contributed by atoms with Gasteiger partial charge in [-0.1, -0.05) is 18.2 Å². The van der Waals surface area contributed by atoms with Crippen molar-refractivity contribution in [2.24, 2.45) is 0 Å². The smallest absolute Gasteiger partial charge is 0.264 e.